The monoisotopic (exact) mass is 313 g/mol. The van der Waals surface area contributed by atoms with Crippen LogP contribution < -0.4 is 5.32 Å². The van der Waals surface area contributed by atoms with Crippen LogP contribution in [0.1, 0.15) is 19.4 Å². The zero-order chi connectivity index (χ0) is 16.0. The number of likely N-dealkylation sites (N-methyl/N-ethyl adjacent to an activating group) is 1. The molecule has 1 aromatic carbocycles. The van der Waals surface area contributed by atoms with E-state index < -0.39 is 4.92 Å². The number of carbonyl (C=O) groups is 1. The van der Waals surface area contributed by atoms with Crippen molar-refractivity contribution in [2.75, 3.05) is 20.1 Å². The Labute approximate surface area is 129 Å². The molecule has 0 aromatic heterocycles. The van der Waals surface area contributed by atoms with Crippen molar-refractivity contribution in [3.63, 3.8) is 0 Å². The molecule has 1 amide bonds. The van der Waals surface area contributed by atoms with E-state index in [2.05, 4.69) is 5.32 Å². The lowest BCUT2D eigenvalue weighted by Gasteiger charge is -2.17. The predicted molar refractivity (Wildman–Crippen MR) is 82.3 cm³/mol. The van der Waals surface area contributed by atoms with Gasteiger partial charge in [-0.05, 0) is 24.6 Å². The average Bonchev–Trinajstić information content (AvgIpc) is 2.38. The van der Waals surface area contributed by atoms with Crippen LogP contribution in [0.25, 0.3) is 0 Å². The number of nitrogens with one attached hydrogen (secondary N) is 1. The zero-order valence-corrected chi connectivity index (χ0v) is 13.2. The predicted octanol–water partition coefficient (Wildman–Crippen LogP) is 2.45. The lowest BCUT2D eigenvalue weighted by Crippen LogP contribution is -2.36. The molecule has 0 saturated carbocycles. The highest BCUT2D eigenvalue weighted by Gasteiger charge is 2.13. The van der Waals surface area contributed by atoms with Gasteiger partial charge in [0.15, 0.2) is 0 Å². The highest BCUT2D eigenvalue weighted by Crippen LogP contribution is 2.22. The molecule has 0 aliphatic heterocycles. The summed E-state index contributed by atoms with van der Waals surface area (Å²) in [6.07, 6.45) is 0. The van der Waals surface area contributed by atoms with Crippen molar-refractivity contribution in [3.8, 4) is 0 Å². The van der Waals surface area contributed by atoms with Gasteiger partial charge in [0.1, 0.15) is 0 Å². The van der Waals surface area contributed by atoms with E-state index in [1.54, 1.807) is 11.9 Å². The summed E-state index contributed by atoms with van der Waals surface area (Å²) in [5.74, 6) is 0.318. The number of nitro groups is 1. The standard InChI is InChI=1S/C14H20ClN3O3/c1-10(2)7-16-14(19)9-17(3)8-11-6-12(18(20)21)4-5-13(11)15/h4-6,10H,7-9H2,1-3H3,(H,16,19). The molecule has 1 rings (SSSR count). The Morgan fingerprint density at radius 3 is 2.71 bits per heavy atom. The Balaban J connectivity index is 2.62. The van der Waals surface area contributed by atoms with Gasteiger partial charge in [0.2, 0.25) is 5.91 Å². The van der Waals surface area contributed by atoms with Gasteiger partial charge in [-0.3, -0.25) is 19.8 Å². The van der Waals surface area contributed by atoms with E-state index >= 15 is 0 Å². The third kappa shape index (κ3) is 6.10. The molecular weight excluding hydrogens is 294 g/mol. The Kier molecular flexibility index (Phi) is 6.58. The van der Waals surface area contributed by atoms with Gasteiger partial charge < -0.3 is 5.32 Å². The fourth-order valence-corrected chi connectivity index (χ4v) is 1.94. The molecule has 0 fully saturated rings. The summed E-state index contributed by atoms with van der Waals surface area (Å²) in [7, 11) is 1.77. The van der Waals surface area contributed by atoms with Crippen molar-refractivity contribution in [3.05, 3.63) is 38.9 Å². The maximum Gasteiger partial charge on any atom is 0.269 e. The molecular formula is C14H20ClN3O3. The molecule has 116 valence electrons. The van der Waals surface area contributed by atoms with Gasteiger partial charge in [-0.2, -0.15) is 0 Å². The van der Waals surface area contributed by atoms with Gasteiger partial charge in [-0.25, -0.2) is 0 Å². The topological polar surface area (TPSA) is 75.5 Å². The number of amides is 1. The summed E-state index contributed by atoms with van der Waals surface area (Å²) in [6.45, 7) is 5.26. The molecule has 7 heteroatoms. The third-order valence-corrected chi connectivity index (χ3v) is 3.17. The minimum absolute atomic E-state index is 0.00735. The molecule has 0 atom stereocenters. The smallest absolute Gasteiger partial charge is 0.269 e. The SMILES string of the molecule is CC(C)CNC(=O)CN(C)Cc1cc([N+](=O)[O-])ccc1Cl. The minimum Gasteiger partial charge on any atom is -0.355 e. The first-order valence-corrected chi connectivity index (χ1v) is 7.05. The first-order valence-electron chi connectivity index (χ1n) is 6.67. The summed E-state index contributed by atoms with van der Waals surface area (Å²) < 4.78 is 0. The van der Waals surface area contributed by atoms with Crippen molar-refractivity contribution in [1.82, 2.24) is 10.2 Å². The maximum atomic E-state index is 11.7. The number of halogens is 1. The number of benzene rings is 1. The first-order chi connectivity index (χ1) is 9.79. The van der Waals surface area contributed by atoms with Crippen molar-refractivity contribution in [2.24, 2.45) is 5.92 Å². The van der Waals surface area contributed by atoms with Crippen LogP contribution in [0.3, 0.4) is 0 Å². The Morgan fingerprint density at radius 1 is 1.48 bits per heavy atom. The van der Waals surface area contributed by atoms with E-state index in [-0.39, 0.29) is 18.1 Å². The molecule has 0 aliphatic rings. The summed E-state index contributed by atoms with van der Waals surface area (Å²) >= 11 is 6.03. The third-order valence-electron chi connectivity index (χ3n) is 2.80. The molecule has 0 saturated heterocycles. The number of hydrogen-bond acceptors (Lipinski definition) is 4. The van der Waals surface area contributed by atoms with Gasteiger partial charge in [0, 0.05) is 30.2 Å². The Bertz CT molecular complexity index is 520. The van der Waals surface area contributed by atoms with Gasteiger partial charge >= 0.3 is 0 Å². The molecule has 21 heavy (non-hydrogen) atoms. The fraction of sp³-hybridized carbons (Fsp3) is 0.500. The second-order valence-corrected chi connectivity index (χ2v) is 5.81. The van der Waals surface area contributed by atoms with Crippen molar-refractivity contribution in [2.45, 2.75) is 20.4 Å². The van der Waals surface area contributed by atoms with Crippen LogP contribution in [0.2, 0.25) is 5.02 Å². The number of non-ortho nitro benzene ring substituents is 1. The van der Waals surface area contributed by atoms with Gasteiger partial charge in [0.05, 0.1) is 11.5 Å². The quantitative estimate of drug-likeness (QED) is 0.619. The summed E-state index contributed by atoms with van der Waals surface area (Å²) in [5.41, 5.74) is 0.622. The molecule has 0 unspecified atom stereocenters. The second kappa shape index (κ2) is 7.95. The molecule has 1 aromatic rings. The fourth-order valence-electron chi connectivity index (χ4n) is 1.76. The van der Waals surface area contributed by atoms with E-state index in [0.717, 1.165) is 0 Å². The van der Waals surface area contributed by atoms with Crippen molar-refractivity contribution < 1.29 is 9.72 Å². The highest BCUT2D eigenvalue weighted by atomic mass is 35.5. The van der Waals surface area contributed by atoms with E-state index in [1.807, 2.05) is 13.8 Å². The largest absolute Gasteiger partial charge is 0.355 e. The molecule has 6 nitrogen and oxygen atoms in total. The molecule has 0 radical (unpaired) electrons. The number of hydrogen-bond donors (Lipinski definition) is 1. The maximum absolute atomic E-state index is 11.7. The number of carbonyl (C=O) groups excluding carboxylic acids is 1. The second-order valence-electron chi connectivity index (χ2n) is 5.40. The normalized spacial score (nSPS) is 11.0. The Morgan fingerprint density at radius 2 is 2.14 bits per heavy atom. The molecule has 0 spiro atoms. The molecule has 0 bridgehead atoms. The van der Waals surface area contributed by atoms with Crippen LogP contribution in [0.4, 0.5) is 5.69 Å². The van der Waals surface area contributed by atoms with E-state index in [4.69, 9.17) is 11.6 Å². The number of rotatable bonds is 7. The van der Waals surface area contributed by atoms with E-state index in [9.17, 15) is 14.9 Å². The van der Waals surface area contributed by atoms with Gasteiger partial charge in [0.25, 0.3) is 5.69 Å². The lowest BCUT2D eigenvalue weighted by molar-refractivity contribution is -0.384. The summed E-state index contributed by atoms with van der Waals surface area (Å²) in [5, 5.41) is 14.0. The molecule has 1 N–H and O–H groups in total. The van der Waals surface area contributed by atoms with Crippen molar-refractivity contribution >= 4 is 23.2 Å². The zero-order valence-electron chi connectivity index (χ0n) is 12.4. The Hall–Kier alpha value is -1.66. The first kappa shape index (κ1) is 17.4. The number of nitrogens with zero attached hydrogens (tertiary/aromatic N) is 2. The van der Waals surface area contributed by atoms with Gasteiger partial charge in [-0.1, -0.05) is 25.4 Å². The number of nitro benzene ring substituents is 1. The molecule has 0 heterocycles. The highest BCUT2D eigenvalue weighted by molar-refractivity contribution is 6.31. The van der Waals surface area contributed by atoms with E-state index in [0.29, 0.717) is 29.6 Å². The van der Waals surface area contributed by atoms with Crippen LogP contribution in [0.5, 0.6) is 0 Å². The van der Waals surface area contributed by atoms with Crippen LogP contribution in [-0.4, -0.2) is 35.9 Å². The molecule has 0 aliphatic carbocycles. The van der Waals surface area contributed by atoms with Gasteiger partial charge in [-0.15, -0.1) is 0 Å². The summed E-state index contributed by atoms with van der Waals surface area (Å²) in [6, 6.07) is 4.30. The van der Waals surface area contributed by atoms with Crippen LogP contribution in [0.15, 0.2) is 18.2 Å². The average molecular weight is 314 g/mol. The minimum atomic E-state index is -0.463. The van der Waals surface area contributed by atoms with Crippen molar-refractivity contribution in [1.29, 1.82) is 0 Å². The van der Waals surface area contributed by atoms with Crippen LogP contribution in [-0.2, 0) is 11.3 Å². The lowest BCUT2D eigenvalue weighted by atomic mass is 10.2. The van der Waals surface area contributed by atoms with Crippen LogP contribution >= 0.6 is 11.6 Å². The van der Waals surface area contributed by atoms with E-state index in [1.165, 1.54) is 18.2 Å². The van der Waals surface area contributed by atoms with Crippen LogP contribution in [0, 0.1) is 16.0 Å². The summed E-state index contributed by atoms with van der Waals surface area (Å²) in [4.78, 5) is 23.8.